The minimum Gasteiger partial charge on any atom is -0.491 e. The molecule has 4 nitrogen and oxygen atoms in total. The third-order valence-corrected chi connectivity index (χ3v) is 1.93. The van der Waals surface area contributed by atoms with Crippen molar-refractivity contribution < 1.29 is 4.74 Å². The maximum absolute atomic E-state index is 5.60. The lowest BCUT2D eigenvalue weighted by Crippen LogP contribution is -2.31. The van der Waals surface area contributed by atoms with E-state index in [1.54, 1.807) is 0 Å². The van der Waals surface area contributed by atoms with E-state index in [4.69, 9.17) is 10.6 Å². The second-order valence-electron chi connectivity index (χ2n) is 3.66. The van der Waals surface area contributed by atoms with E-state index < -0.39 is 0 Å². The molecule has 1 aromatic rings. The first-order valence-corrected chi connectivity index (χ1v) is 5.45. The second-order valence-corrected chi connectivity index (χ2v) is 3.66. The van der Waals surface area contributed by atoms with Crippen LogP contribution in [0.25, 0.3) is 0 Å². The summed E-state index contributed by atoms with van der Waals surface area (Å²) in [7, 11) is 0. The van der Waals surface area contributed by atoms with Gasteiger partial charge in [0.1, 0.15) is 11.6 Å². The molecule has 0 atom stereocenters. The molecule has 0 amide bonds. The summed E-state index contributed by atoms with van der Waals surface area (Å²) in [5.74, 6) is 6.92. The lowest BCUT2D eigenvalue weighted by molar-refractivity contribution is 0.242. The summed E-state index contributed by atoms with van der Waals surface area (Å²) in [4.78, 5) is 4.26. The van der Waals surface area contributed by atoms with E-state index in [1.165, 1.54) is 0 Å². The van der Waals surface area contributed by atoms with Crippen molar-refractivity contribution in [2.24, 2.45) is 10.8 Å². The van der Waals surface area contributed by atoms with Crippen molar-refractivity contribution in [1.29, 1.82) is 0 Å². The highest BCUT2D eigenvalue weighted by molar-refractivity contribution is 5.98. The van der Waals surface area contributed by atoms with Crippen molar-refractivity contribution in [3.8, 4) is 5.75 Å². The Hall–Kier alpha value is -1.55. The van der Waals surface area contributed by atoms with Crippen LogP contribution in [-0.4, -0.2) is 18.5 Å². The summed E-state index contributed by atoms with van der Waals surface area (Å²) in [6, 6.07) is 7.72. The normalized spacial score (nSPS) is 11.7. The zero-order valence-corrected chi connectivity index (χ0v) is 10.0. The molecule has 0 aliphatic rings. The predicted octanol–water partition coefficient (Wildman–Crippen LogP) is 1.70. The van der Waals surface area contributed by atoms with Gasteiger partial charge >= 0.3 is 0 Å². The third kappa shape index (κ3) is 3.55. The van der Waals surface area contributed by atoms with Crippen LogP contribution in [0, 0.1) is 0 Å². The summed E-state index contributed by atoms with van der Waals surface area (Å²) in [6.45, 7) is 6.64. The molecule has 0 aliphatic heterocycles. The monoisotopic (exact) mass is 221 g/mol. The maximum Gasteiger partial charge on any atom is 0.142 e. The van der Waals surface area contributed by atoms with E-state index in [9.17, 15) is 0 Å². The highest BCUT2D eigenvalue weighted by Crippen LogP contribution is 2.15. The summed E-state index contributed by atoms with van der Waals surface area (Å²) >= 11 is 0. The van der Waals surface area contributed by atoms with Crippen LogP contribution in [0.1, 0.15) is 26.3 Å². The molecule has 0 aliphatic carbocycles. The van der Waals surface area contributed by atoms with E-state index >= 15 is 0 Å². The number of ether oxygens (including phenoxy) is 1. The molecule has 0 spiro atoms. The number of hydrogen-bond acceptors (Lipinski definition) is 3. The Kier molecular flexibility index (Phi) is 4.79. The van der Waals surface area contributed by atoms with Gasteiger partial charge in [0, 0.05) is 12.1 Å². The summed E-state index contributed by atoms with van der Waals surface area (Å²) in [5.41, 5.74) is 3.53. The van der Waals surface area contributed by atoms with Gasteiger partial charge in [0.25, 0.3) is 0 Å². The largest absolute Gasteiger partial charge is 0.491 e. The molecule has 0 radical (unpaired) electrons. The first kappa shape index (κ1) is 12.5. The van der Waals surface area contributed by atoms with E-state index in [1.807, 2.05) is 45.0 Å². The molecule has 16 heavy (non-hydrogen) atoms. The van der Waals surface area contributed by atoms with Crippen LogP contribution >= 0.6 is 0 Å². The molecule has 0 aromatic heterocycles. The lowest BCUT2D eigenvalue weighted by Gasteiger charge is -2.11. The number of hydrazine groups is 1. The highest BCUT2D eigenvalue weighted by Gasteiger charge is 2.03. The van der Waals surface area contributed by atoms with Gasteiger partial charge in [-0.3, -0.25) is 4.99 Å². The first-order valence-electron chi connectivity index (χ1n) is 5.45. The van der Waals surface area contributed by atoms with E-state index in [0.717, 1.165) is 11.3 Å². The fourth-order valence-electron chi connectivity index (χ4n) is 1.37. The van der Waals surface area contributed by atoms with E-state index in [0.29, 0.717) is 12.4 Å². The van der Waals surface area contributed by atoms with Crippen molar-refractivity contribution in [1.82, 2.24) is 5.43 Å². The number of nitrogens with two attached hydrogens (primary N) is 1. The molecule has 0 bridgehead atoms. The molecule has 0 saturated heterocycles. The molecule has 1 rings (SSSR count). The van der Waals surface area contributed by atoms with E-state index in [-0.39, 0.29) is 6.10 Å². The molecule has 88 valence electrons. The van der Waals surface area contributed by atoms with Crippen LogP contribution in [0.4, 0.5) is 0 Å². The quantitative estimate of drug-likeness (QED) is 0.352. The van der Waals surface area contributed by atoms with E-state index in [2.05, 4.69) is 10.4 Å². The molecule has 0 saturated carbocycles. The van der Waals surface area contributed by atoms with Crippen molar-refractivity contribution in [2.45, 2.75) is 26.9 Å². The zero-order valence-electron chi connectivity index (χ0n) is 10.0. The Morgan fingerprint density at radius 3 is 2.81 bits per heavy atom. The fraction of sp³-hybridized carbons (Fsp3) is 0.417. The van der Waals surface area contributed by atoms with Gasteiger partial charge < -0.3 is 10.2 Å². The fourth-order valence-corrected chi connectivity index (χ4v) is 1.37. The standard InChI is InChI=1S/C12H19N3O/c1-4-14-12(15-13)10-6-5-7-11(8-10)16-9(2)3/h5-9H,4,13H2,1-3H3,(H,14,15). The average Bonchev–Trinajstić information content (AvgIpc) is 2.25. The minimum atomic E-state index is 0.160. The summed E-state index contributed by atoms with van der Waals surface area (Å²) in [5, 5.41) is 0. The first-order chi connectivity index (χ1) is 7.67. The minimum absolute atomic E-state index is 0.160. The van der Waals surface area contributed by atoms with Gasteiger partial charge in [0.2, 0.25) is 0 Å². The molecular weight excluding hydrogens is 202 g/mol. The van der Waals surface area contributed by atoms with Gasteiger partial charge in [-0.1, -0.05) is 12.1 Å². The zero-order chi connectivity index (χ0) is 12.0. The van der Waals surface area contributed by atoms with Crippen LogP contribution in [-0.2, 0) is 0 Å². The number of benzene rings is 1. The molecule has 4 heteroatoms. The van der Waals surface area contributed by atoms with Crippen molar-refractivity contribution in [3.63, 3.8) is 0 Å². The number of aliphatic imine (C=N–C) groups is 1. The Balaban J connectivity index is 2.92. The maximum atomic E-state index is 5.60. The number of amidine groups is 1. The van der Waals surface area contributed by atoms with Crippen LogP contribution in [0.3, 0.4) is 0 Å². The molecule has 1 aromatic carbocycles. The van der Waals surface area contributed by atoms with Crippen molar-refractivity contribution in [2.75, 3.05) is 6.54 Å². The predicted molar refractivity (Wildman–Crippen MR) is 66.6 cm³/mol. The summed E-state index contributed by atoms with van der Waals surface area (Å²) < 4.78 is 5.60. The molecule has 3 N–H and O–H groups in total. The van der Waals surface area contributed by atoms with Crippen LogP contribution in [0.15, 0.2) is 29.3 Å². The number of nitrogens with zero attached hydrogens (tertiary/aromatic N) is 1. The lowest BCUT2D eigenvalue weighted by atomic mass is 10.2. The van der Waals surface area contributed by atoms with Gasteiger partial charge in [0.15, 0.2) is 0 Å². The van der Waals surface area contributed by atoms with Gasteiger partial charge in [-0.25, -0.2) is 5.84 Å². The molecule has 0 fully saturated rings. The van der Waals surface area contributed by atoms with Crippen LogP contribution < -0.4 is 16.0 Å². The van der Waals surface area contributed by atoms with Gasteiger partial charge in [-0.2, -0.15) is 0 Å². The summed E-state index contributed by atoms with van der Waals surface area (Å²) in [6.07, 6.45) is 0.160. The Morgan fingerprint density at radius 2 is 2.25 bits per heavy atom. The van der Waals surface area contributed by atoms with Gasteiger partial charge in [-0.15, -0.1) is 0 Å². The third-order valence-electron chi connectivity index (χ3n) is 1.93. The van der Waals surface area contributed by atoms with Crippen LogP contribution in [0.2, 0.25) is 0 Å². The number of rotatable bonds is 4. The van der Waals surface area contributed by atoms with Crippen molar-refractivity contribution >= 4 is 5.84 Å². The van der Waals surface area contributed by atoms with Crippen LogP contribution in [0.5, 0.6) is 5.75 Å². The average molecular weight is 221 g/mol. The molecule has 0 unspecified atom stereocenters. The van der Waals surface area contributed by atoms with Gasteiger partial charge in [-0.05, 0) is 32.9 Å². The SMILES string of the molecule is CCN=C(NN)c1cccc(OC(C)C)c1. The molecule has 0 heterocycles. The smallest absolute Gasteiger partial charge is 0.142 e. The Bertz CT molecular complexity index is 361. The molecular formula is C12H19N3O. The number of hydrogen-bond donors (Lipinski definition) is 2. The Labute approximate surface area is 96.5 Å². The Morgan fingerprint density at radius 1 is 1.50 bits per heavy atom. The topological polar surface area (TPSA) is 59.6 Å². The van der Waals surface area contributed by atoms with Gasteiger partial charge in [0.05, 0.1) is 6.10 Å². The second kappa shape index (κ2) is 6.12. The number of nitrogens with one attached hydrogen (secondary N) is 1. The highest BCUT2D eigenvalue weighted by atomic mass is 16.5. The van der Waals surface area contributed by atoms with Crippen molar-refractivity contribution in [3.05, 3.63) is 29.8 Å².